The molecule has 0 spiro atoms. The topological polar surface area (TPSA) is 27.7 Å². The molecule has 0 bridgehead atoms. The highest BCUT2D eigenvalue weighted by atomic mass is 19.4. The van der Waals surface area contributed by atoms with Gasteiger partial charge in [-0.05, 0) is 25.7 Å². The fourth-order valence-corrected chi connectivity index (χ4v) is 1.70. The second kappa shape index (κ2) is 14.6. The first-order chi connectivity index (χ1) is 14.3. The van der Waals surface area contributed by atoms with Crippen LogP contribution in [0.5, 0.6) is 0 Å². The van der Waals surface area contributed by atoms with Crippen LogP contribution in [0.4, 0.5) is 43.9 Å². The van der Waals surface area contributed by atoms with Crippen LogP contribution in [0.1, 0.15) is 38.5 Å². The predicted molar refractivity (Wildman–Crippen MR) is 89.6 cm³/mol. The van der Waals surface area contributed by atoms with E-state index >= 15 is 0 Å². The van der Waals surface area contributed by atoms with Gasteiger partial charge in [-0.3, -0.25) is 0 Å². The summed E-state index contributed by atoms with van der Waals surface area (Å²) in [6.45, 7) is -0.415. The molecule has 0 aromatic heterocycles. The standard InChI is InChI=1S/C18H20F10O3/c19-13(5-1-3-9-29-11-7-17(23,24)25)15(21)31-16(22)14(20)6-2-4-10-30-12-8-18(26,27)28/h7-8,11-12H,1-6,9-10H2. The van der Waals surface area contributed by atoms with E-state index < -0.39 is 48.9 Å². The van der Waals surface area contributed by atoms with Gasteiger partial charge in [0, 0.05) is 12.8 Å². The Balaban J connectivity index is 4.16. The number of unbranched alkanes of at least 4 members (excludes halogenated alkanes) is 2. The monoisotopic (exact) mass is 474 g/mol. The minimum Gasteiger partial charge on any atom is -0.501 e. The van der Waals surface area contributed by atoms with Crippen LogP contribution in [-0.4, -0.2) is 25.6 Å². The highest BCUT2D eigenvalue weighted by Crippen LogP contribution is 2.24. The molecule has 0 saturated heterocycles. The molecule has 0 saturated carbocycles. The van der Waals surface area contributed by atoms with E-state index in [4.69, 9.17) is 0 Å². The lowest BCUT2D eigenvalue weighted by Crippen LogP contribution is -2.01. The zero-order chi connectivity index (χ0) is 23.9. The lowest BCUT2D eigenvalue weighted by atomic mass is 10.2. The van der Waals surface area contributed by atoms with Crippen molar-refractivity contribution < 1.29 is 58.1 Å². The number of halogens is 10. The summed E-state index contributed by atoms with van der Waals surface area (Å²) in [5.74, 6) is -3.06. The maximum Gasteiger partial charge on any atom is 0.412 e. The smallest absolute Gasteiger partial charge is 0.412 e. The van der Waals surface area contributed by atoms with E-state index in [1.807, 2.05) is 0 Å². The van der Waals surface area contributed by atoms with E-state index in [0.717, 1.165) is 0 Å². The van der Waals surface area contributed by atoms with Crippen LogP contribution in [0.25, 0.3) is 0 Å². The van der Waals surface area contributed by atoms with Crippen LogP contribution in [0.15, 0.2) is 48.4 Å². The molecule has 0 aliphatic heterocycles. The summed E-state index contributed by atoms with van der Waals surface area (Å²) in [6.07, 6.45) is -9.77. The van der Waals surface area contributed by atoms with Crippen molar-refractivity contribution in [2.45, 2.75) is 50.9 Å². The highest BCUT2D eigenvalue weighted by molar-refractivity contribution is 5.00. The molecule has 3 nitrogen and oxygen atoms in total. The fourth-order valence-electron chi connectivity index (χ4n) is 1.70. The molecule has 0 rings (SSSR count). The summed E-state index contributed by atoms with van der Waals surface area (Å²) in [6, 6.07) is -4.02. The predicted octanol–water partition coefficient (Wildman–Crippen LogP) is 7.75. The average Bonchev–Trinajstić information content (AvgIpc) is 2.64. The molecule has 0 N–H and O–H groups in total. The van der Waals surface area contributed by atoms with Gasteiger partial charge in [-0.2, -0.15) is 35.1 Å². The van der Waals surface area contributed by atoms with Crippen LogP contribution in [0, 0.1) is 0 Å². The highest BCUT2D eigenvalue weighted by Gasteiger charge is 2.22. The molecule has 0 radical (unpaired) electrons. The number of rotatable bonds is 14. The normalized spacial score (nSPS) is 14.6. The lowest BCUT2D eigenvalue weighted by Gasteiger charge is -2.05. The van der Waals surface area contributed by atoms with Gasteiger partial charge in [-0.25, -0.2) is 8.78 Å². The minimum absolute atomic E-state index is 0.0514. The average molecular weight is 474 g/mol. The van der Waals surface area contributed by atoms with Crippen molar-refractivity contribution in [1.29, 1.82) is 0 Å². The van der Waals surface area contributed by atoms with Gasteiger partial charge in [0.2, 0.25) is 0 Å². The number of hydrogen-bond donors (Lipinski definition) is 0. The number of alkyl halides is 6. The second-order valence-electron chi connectivity index (χ2n) is 5.80. The minimum atomic E-state index is -4.54. The Morgan fingerprint density at radius 2 is 0.935 bits per heavy atom. The SMILES string of the molecule is FC(CCCCOC=CC(F)(F)F)=C(F)OC(F)=C(F)CCCCOC=CC(F)(F)F. The molecule has 0 aromatic rings. The molecule has 0 aliphatic rings. The summed E-state index contributed by atoms with van der Waals surface area (Å²) in [5.41, 5.74) is 0. The van der Waals surface area contributed by atoms with Gasteiger partial charge in [-0.15, -0.1) is 0 Å². The van der Waals surface area contributed by atoms with Crippen molar-refractivity contribution in [3.63, 3.8) is 0 Å². The van der Waals surface area contributed by atoms with Gasteiger partial charge in [0.1, 0.15) is 0 Å². The molecule has 0 aromatic carbocycles. The molecule has 31 heavy (non-hydrogen) atoms. The summed E-state index contributed by atoms with van der Waals surface area (Å²) < 4.78 is 137. The fraction of sp³-hybridized carbons (Fsp3) is 0.556. The Morgan fingerprint density at radius 3 is 1.26 bits per heavy atom. The molecule has 0 unspecified atom stereocenters. The van der Waals surface area contributed by atoms with Crippen LogP contribution in [-0.2, 0) is 14.2 Å². The van der Waals surface area contributed by atoms with E-state index in [1.54, 1.807) is 0 Å². The number of hydrogen-bond acceptors (Lipinski definition) is 3. The molecular formula is C18H20F10O3. The first kappa shape index (κ1) is 28.7. The van der Waals surface area contributed by atoms with Crippen molar-refractivity contribution in [3.8, 4) is 0 Å². The Kier molecular flexibility index (Phi) is 13.5. The molecule has 0 atom stereocenters. The van der Waals surface area contributed by atoms with Gasteiger partial charge < -0.3 is 14.2 Å². The van der Waals surface area contributed by atoms with Crippen LogP contribution in [0.3, 0.4) is 0 Å². The Morgan fingerprint density at radius 1 is 0.581 bits per heavy atom. The quantitative estimate of drug-likeness (QED) is 0.146. The van der Waals surface area contributed by atoms with Gasteiger partial charge in [0.05, 0.1) is 37.9 Å². The first-order valence-electron chi connectivity index (χ1n) is 8.80. The second-order valence-corrected chi connectivity index (χ2v) is 5.80. The van der Waals surface area contributed by atoms with Crippen LogP contribution < -0.4 is 0 Å². The van der Waals surface area contributed by atoms with Crippen molar-refractivity contribution in [3.05, 3.63) is 48.4 Å². The van der Waals surface area contributed by atoms with Gasteiger partial charge in [0.15, 0.2) is 11.7 Å². The third kappa shape index (κ3) is 18.2. The molecule has 13 heteroatoms. The molecule has 180 valence electrons. The van der Waals surface area contributed by atoms with E-state index in [2.05, 4.69) is 14.2 Å². The van der Waals surface area contributed by atoms with E-state index in [9.17, 15) is 43.9 Å². The van der Waals surface area contributed by atoms with Gasteiger partial charge in [-0.1, -0.05) is 0 Å². The van der Waals surface area contributed by atoms with Crippen LogP contribution >= 0.6 is 0 Å². The maximum atomic E-state index is 13.4. The molecule has 0 heterocycles. The summed E-state index contributed by atoms with van der Waals surface area (Å²) in [5, 5.41) is 0. The van der Waals surface area contributed by atoms with E-state index in [-0.39, 0.29) is 51.0 Å². The summed E-state index contributed by atoms with van der Waals surface area (Å²) in [4.78, 5) is 0. The summed E-state index contributed by atoms with van der Waals surface area (Å²) >= 11 is 0. The number of allylic oxidation sites excluding steroid dienone is 4. The Bertz CT molecular complexity index is 579. The Hall–Kier alpha value is -2.34. The first-order valence-corrected chi connectivity index (χ1v) is 8.80. The van der Waals surface area contributed by atoms with Gasteiger partial charge in [0.25, 0.3) is 0 Å². The van der Waals surface area contributed by atoms with Crippen LogP contribution in [0.2, 0.25) is 0 Å². The van der Waals surface area contributed by atoms with E-state index in [0.29, 0.717) is 12.5 Å². The summed E-state index contributed by atoms with van der Waals surface area (Å²) in [7, 11) is 0. The molecule has 0 fully saturated rings. The number of ether oxygens (including phenoxy) is 3. The third-order valence-corrected chi connectivity index (χ3v) is 3.13. The largest absolute Gasteiger partial charge is 0.501 e. The van der Waals surface area contributed by atoms with Crippen molar-refractivity contribution in [2.75, 3.05) is 13.2 Å². The molecule has 0 amide bonds. The van der Waals surface area contributed by atoms with Crippen molar-refractivity contribution >= 4 is 0 Å². The van der Waals surface area contributed by atoms with Gasteiger partial charge >= 0.3 is 24.4 Å². The maximum absolute atomic E-state index is 13.4. The third-order valence-electron chi connectivity index (χ3n) is 3.13. The Labute approximate surface area is 171 Å². The van der Waals surface area contributed by atoms with Crippen molar-refractivity contribution in [1.82, 2.24) is 0 Å². The molecular weight excluding hydrogens is 454 g/mol. The van der Waals surface area contributed by atoms with E-state index in [1.165, 1.54) is 0 Å². The lowest BCUT2D eigenvalue weighted by molar-refractivity contribution is -0.0826. The van der Waals surface area contributed by atoms with Crippen molar-refractivity contribution in [2.24, 2.45) is 0 Å². The zero-order valence-electron chi connectivity index (χ0n) is 16.0. The zero-order valence-corrected chi connectivity index (χ0v) is 16.0. The molecule has 0 aliphatic carbocycles.